The molecule has 3 aromatic rings. The third-order valence-electron chi connectivity index (χ3n) is 3.75. The summed E-state index contributed by atoms with van der Waals surface area (Å²) in [5.74, 6) is 0.887. The van der Waals surface area contributed by atoms with Gasteiger partial charge in [0.15, 0.2) is 5.82 Å². The zero-order chi connectivity index (χ0) is 18.5. The van der Waals surface area contributed by atoms with E-state index in [1.54, 1.807) is 25.3 Å². The summed E-state index contributed by atoms with van der Waals surface area (Å²) in [5.41, 5.74) is 7.41. The Balaban J connectivity index is 1.82. The van der Waals surface area contributed by atoms with Gasteiger partial charge < -0.3 is 21.1 Å². The Morgan fingerprint density at radius 2 is 2.08 bits per heavy atom. The number of benzene rings is 2. The number of hydrogen-bond acceptors (Lipinski definition) is 5. The molecule has 1 amide bonds. The average Bonchev–Trinajstić information content (AvgIpc) is 3.03. The van der Waals surface area contributed by atoms with E-state index in [4.69, 9.17) is 22.1 Å². The minimum absolute atomic E-state index is 0.236. The number of nitrogens with zero attached hydrogens (tertiary/aromatic N) is 1. The summed E-state index contributed by atoms with van der Waals surface area (Å²) in [6, 6.07) is 14.7. The third-order valence-corrected chi connectivity index (χ3v) is 3.98. The van der Waals surface area contributed by atoms with E-state index < -0.39 is 5.91 Å². The minimum Gasteiger partial charge on any atom is -0.496 e. The number of H-pyrrole nitrogens is 1. The molecule has 0 aliphatic heterocycles. The van der Waals surface area contributed by atoms with Crippen LogP contribution in [0, 0.1) is 0 Å². The Hall–Kier alpha value is -3.19. The summed E-state index contributed by atoms with van der Waals surface area (Å²) in [6.07, 6.45) is 0. The lowest BCUT2D eigenvalue weighted by Gasteiger charge is -2.10. The SMILES string of the molecule is COc1ccccc1CNc1[nH]nc(Nc2cccc(Cl)c2)c1C(N)=O. The number of nitrogens with two attached hydrogens (primary N) is 1. The third kappa shape index (κ3) is 3.89. The van der Waals surface area contributed by atoms with Crippen molar-refractivity contribution in [1.29, 1.82) is 0 Å². The van der Waals surface area contributed by atoms with Gasteiger partial charge in [-0.25, -0.2) is 0 Å². The van der Waals surface area contributed by atoms with Crippen LogP contribution in [0.2, 0.25) is 5.02 Å². The number of halogens is 1. The number of carbonyl (C=O) groups is 1. The lowest BCUT2D eigenvalue weighted by atomic mass is 10.2. The molecule has 0 aliphatic rings. The minimum atomic E-state index is -0.606. The highest BCUT2D eigenvalue weighted by Gasteiger charge is 2.19. The van der Waals surface area contributed by atoms with Crippen LogP contribution in [0.1, 0.15) is 15.9 Å². The highest BCUT2D eigenvalue weighted by Crippen LogP contribution is 2.26. The first-order chi connectivity index (χ1) is 12.6. The van der Waals surface area contributed by atoms with Crippen LogP contribution < -0.4 is 21.1 Å². The fourth-order valence-corrected chi connectivity index (χ4v) is 2.73. The smallest absolute Gasteiger partial charge is 0.256 e. The molecule has 3 rings (SSSR count). The quantitative estimate of drug-likeness (QED) is 0.508. The van der Waals surface area contributed by atoms with Crippen molar-refractivity contribution in [3.63, 3.8) is 0 Å². The molecule has 2 aromatic carbocycles. The molecule has 26 heavy (non-hydrogen) atoms. The van der Waals surface area contributed by atoms with Gasteiger partial charge in [0.1, 0.15) is 17.1 Å². The largest absolute Gasteiger partial charge is 0.496 e. The highest BCUT2D eigenvalue weighted by atomic mass is 35.5. The van der Waals surface area contributed by atoms with Crippen LogP contribution in [0.15, 0.2) is 48.5 Å². The van der Waals surface area contributed by atoms with Gasteiger partial charge in [0.2, 0.25) is 0 Å². The maximum Gasteiger partial charge on any atom is 0.256 e. The Labute approximate surface area is 155 Å². The molecule has 0 fully saturated rings. The summed E-state index contributed by atoms with van der Waals surface area (Å²) < 4.78 is 5.32. The van der Waals surface area contributed by atoms with Crippen LogP contribution in [-0.2, 0) is 6.54 Å². The highest BCUT2D eigenvalue weighted by molar-refractivity contribution is 6.30. The molecular weight excluding hydrogens is 354 g/mol. The summed E-state index contributed by atoms with van der Waals surface area (Å²) in [5, 5.41) is 13.7. The maximum absolute atomic E-state index is 11.9. The van der Waals surface area contributed by atoms with E-state index >= 15 is 0 Å². The molecule has 0 bridgehead atoms. The van der Waals surface area contributed by atoms with Crippen LogP contribution in [0.3, 0.4) is 0 Å². The van der Waals surface area contributed by atoms with Gasteiger partial charge in [0.05, 0.1) is 7.11 Å². The number of primary amides is 1. The molecule has 1 heterocycles. The Kier molecular flexibility index (Phi) is 5.28. The molecular formula is C18H18ClN5O2. The van der Waals surface area contributed by atoms with E-state index in [1.807, 2.05) is 30.3 Å². The second-order valence-corrected chi connectivity index (χ2v) is 5.92. The van der Waals surface area contributed by atoms with Crippen LogP contribution in [0.4, 0.5) is 17.3 Å². The second kappa shape index (κ2) is 7.79. The number of anilines is 3. The van der Waals surface area contributed by atoms with Crippen molar-refractivity contribution in [2.45, 2.75) is 6.54 Å². The fraction of sp³-hybridized carbons (Fsp3) is 0.111. The Morgan fingerprint density at radius 3 is 2.81 bits per heavy atom. The Morgan fingerprint density at radius 1 is 1.27 bits per heavy atom. The van der Waals surface area contributed by atoms with Crippen molar-refractivity contribution < 1.29 is 9.53 Å². The zero-order valence-corrected chi connectivity index (χ0v) is 14.8. The van der Waals surface area contributed by atoms with Gasteiger partial charge in [-0.15, -0.1) is 0 Å². The standard InChI is InChI=1S/C18H18ClN5O2/c1-26-14-8-3-2-5-11(14)10-21-17-15(16(20)25)18(24-23-17)22-13-7-4-6-12(19)9-13/h2-9H,10H2,1H3,(H2,20,25)(H3,21,22,23,24). The number of para-hydroxylation sites is 1. The van der Waals surface area contributed by atoms with Gasteiger partial charge in [0.25, 0.3) is 5.91 Å². The van der Waals surface area contributed by atoms with Crippen molar-refractivity contribution in [2.75, 3.05) is 17.7 Å². The number of aromatic amines is 1. The monoisotopic (exact) mass is 371 g/mol. The predicted octanol–water partition coefficient (Wildman–Crippen LogP) is 3.53. The van der Waals surface area contributed by atoms with Gasteiger partial charge in [-0.2, -0.15) is 5.10 Å². The number of carbonyl (C=O) groups excluding carboxylic acids is 1. The first kappa shape index (κ1) is 17.6. The van der Waals surface area contributed by atoms with Crippen LogP contribution in [0.25, 0.3) is 0 Å². The number of hydrogen-bond donors (Lipinski definition) is 4. The molecule has 0 spiro atoms. The molecule has 0 aliphatic carbocycles. The van der Waals surface area contributed by atoms with Crippen molar-refractivity contribution >= 4 is 34.8 Å². The van der Waals surface area contributed by atoms with Crippen molar-refractivity contribution in [3.8, 4) is 5.75 Å². The molecule has 0 saturated heterocycles. The van der Waals surface area contributed by atoms with E-state index in [-0.39, 0.29) is 5.56 Å². The van der Waals surface area contributed by atoms with Crippen molar-refractivity contribution in [1.82, 2.24) is 10.2 Å². The second-order valence-electron chi connectivity index (χ2n) is 5.49. The van der Waals surface area contributed by atoms with E-state index in [0.29, 0.717) is 28.9 Å². The van der Waals surface area contributed by atoms with Gasteiger partial charge in [-0.1, -0.05) is 35.9 Å². The van der Waals surface area contributed by atoms with Crippen LogP contribution >= 0.6 is 11.6 Å². The van der Waals surface area contributed by atoms with E-state index in [2.05, 4.69) is 20.8 Å². The summed E-state index contributed by atoms with van der Waals surface area (Å²) in [7, 11) is 1.61. The van der Waals surface area contributed by atoms with E-state index in [9.17, 15) is 4.79 Å². The van der Waals surface area contributed by atoms with Gasteiger partial charge >= 0.3 is 0 Å². The number of methoxy groups -OCH3 is 1. The number of rotatable bonds is 7. The molecule has 1 aromatic heterocycles. The number of nitrogens with one attached hydrogen (secondary N) is 3. The molecule has 0 radical (unpaired) electrons. The first-order valence-electron chi connectivity index (χ1n) is 7.85. The number of aromatic nitrogens is 2. The number of amides is 1. The first-order valence-corrected chi connectivity index (χ1v) is 8.23. The molecule has 7 nitrogen and oxygen atoms in total. The lowest BCUT2D eigenvalue weighted by Crippen LogP contribution is -2.15. The average molecular weight is 372 g/mol. The molecule has 0 atom stereocenters. The fourth-order valence-electron chi connectivity index (χ4n) is 2.54. The van der Waals surface area contributed by atoms with Gasteiger partial charge in [0, 0.05) is 22.8 Å². The zero-order valence-electron chi connectivity index (χ0n) is 14.0. The van der Waals surface area contributed by atoms with Crippen LogP contribution in [-0.4, -0.2) is 23.2 Å². The predicted molar refractivity (Wildman–Crippen MR) is 102 cm³/mol. The Bertz CT molecular complexity index is 925. The molecule has 134 valence electrons. The van der Waals surface area contributed by atoms with Crippen molar-refractivity contribution in [3.05, 3.63) is 64.7 Å². The summed E-state index contributed by atoms with van der Waals surface area (Å²) in [6.45, 7) is 0.434. The topological polar surface area (TPSA) is 105 Å². The van der Waals surface area contributed by atoms with Gasteiger partial charge in [-0.3, -0.25) is 9.89 Å². The normalized spacial score (nSPS) is 10.4. The van der Waals surface area contributed by atoms with Crippen LogP contribution in [0.5, 0.6) is 5.75 Å². The van der Waals surface area contributed by atoms with E-state index in [0.717, 1.165) is 11.3 Å². The number of ether oxygens (including phenoxy) is 1. The van der Waals surface area contributed by atoms with Crippen molar-refractivity contribution in [2.24, 2.45) is 5.73 Å². The molecule has 8 heteroatoms. The molecule has 5 N–H and O–H groups in total. The van der Waals surface area contributed by atoms with Gasteiger partial charge in [-0.05, 0) is 24.3 Å². The lowest BCUT2D eigenvalue weighted by molar-refractivity contribution is 0.100. The summed E-state index contributed by atoms with van der Waals surface area (Å²) >= 11 is 5.98. The molecule has 0 saturated carbocycles. The molecule has 0 unspecified atom stereocenters. The maximum atomic E-state index is 11.9. The summed E-state index contributed by atoms with van der Waals surface area (Å²) in [4.78, 5) is 11.9. The van der Waals surface area contributed by atoms with E-state index in [1.165, 1.54) is 0 Å².